The number of ether oxygens (including phenoxy) is 1. The van der Waals surface area contributed by atoms with Crippen LogP contribution in [0.5, 0.6) is 5.75 Å². The van der Waals surface area contributed by atoms with Crippen LogP contribution in [0.4, 0.5) is 4.39 Å². The first kappa shape index (κ1) is 26.5. The third-order valence-corrected chi connectivity index (χ3v) is 7.10. The number of hydrogen-bond acceptors (Lipinski definition) is 4. The molecule has 0 atom stereocenters. The number of furan rings is 1. The van der Waals surface area contributed by atoms with Crippen molar-refractivity contribution in [3.8, 4) is 16.9 Å². The Hall–Kier alpha value is -4.13. The first-order valence-corrected chi connectivity index (χ1v) is 13.5. The molecule has 1 aliphatic rings. The number of fused-ring (bicyclic) bond motifs is 1. The quantitative estimate of drug-likeness (QED) is 0.255. The molecule has 0 unspecified atom stereocenters. The van der Waals surface area contributed by atoms with E-state index in [-0.39, 0.29) is 17.8 Å². The van der Waals surface area contributed by atoms with Gasteiger partial charge in [0.2, 0.25) is 0 Å². The highest BCUT2D eigenvalue weighted by atomic mass is 19.1. The van der Waals surface area contributed by atoms with Crippen LogP contribution in [0.1, 0.15) is 71.6 Å². The predicted octanol–water partition coefficient (Wildman–Crippen LogP) is 6.64. The van der Waals surface area contributed by atoms with Gasteiger partial charge in [0.25, 0.3) is 11.8 Å². The molecule has 39 heavy (non-hydrogen) atoms. The van der Waals surface area contributed by atoms with Crippen LogP contribution in [0.3, 0.4) is 0 Å². The summed E-state index contributed by atoms with van der Waals surface area (Å²) in [6, 6.07) is 17.1. The average molecular weight is 529 g/mol. The molecule has 3 aromatic carbocycles. The Morgan fingerprint density at radius 1 is 1.05 bits per heavy atom. The van der Waals surface area contributed by atoms with Gasteiger partial charge in [0.15, 0.2) is 0 Å². The third kappa shape index (κ3) is 5.98. The summed E-state index contributed by atoms with van der Waals surface area (Å²) in [5.41, 5.74) is 9.50. The molecule has 1 aromatic heterocycles. The minimum atomic E-state index is -0.604. The number of nitrogens with one attached hydrogen (secondary N) is 1. The first-order chi connectivity index (χ1) is 18.8. The van der Waals surface area contributed by atoms with Gasteiger partial charge in [-0.3, -0.25) is 9.59 Å². The maximum atomic E-state index is 13.4. The zero-order valence-electron chi connectivity index (χ0n) is 22.3. The van der Waals surface area contributed by atoms with Crippen molar-refractivity contribution in [2.75, 3.05) is 6.54 Å². The molecule has 1 heterocycles. The lowest BCUT2D eigenvalue weighted by atomic mass is 9.98. The number of hydrogen-bond donors (Lipinski definition) is 2. The highest BCUT2D eigenvalue weighted by Gasteiger charge is 2.23. The van der Waals surface area contributed by atoms with E-state index in [0.717, 1.165) is 42.4 Å². The fourth-order valence-electron chi connectivity index (χ4n) is 5.08. The summed E-state index contributed by atoms with van der Waals surface area (Å²) in [5, 5.41) is 3.56. The summed E-state index contributed by atoms with van der Waals surface area (Å²) in [7, 11) is 0. The van der Waals surface area contributed by atoms with Crippen LogP contribution < -0.4 is 15.8 Å². The van der Waals surface area contributed by atoms with Gasteiger partial charge < -0.3 is 20.2 Å². The van der Waals surface area contributed by atoms with Crippen molar-refractivity contribution in [1.82, 2.24) is 5.32 Å². The average Bonchev–Trinajstić information content (AvgIpc) is 3.55. The Labute approximate surface area is 227 Å². The maximum absolute atomic E-state index is 13.4. The molecular formula is C32H33FN2O4. The molecule has 0 aliphatic heterocycles. The second-order valence-electron chi connectivity index (χ2n) is 10.6. The van der Waals surface area contributed by atoms with Crippen molar-refractivity contribution in [3.05, 3.63) is 88.9 Å². The molecule has 0 saturated heterocycles. The molecule has 0 radical (unpaired) electrons. The number of rotatable bonds is 9. The zero-order chi connectivity index (χ0) is 27.5. The molecule has 3 N–H and O–H groups in total. The Morgan fingerprint density at radius 2 is 1.79 bits per heavy atom. The summed E-state index contributed by atoms with van der Waals surface area (Å²) in [4.78, 5) is 25.5. The largest absolute Gasteiger partial charge is 0.490 e. The first-order valence-electron chi connectivity index (χ1n) is 13.5. The summed E-state index contributed by atoms with van der Waals surface area (Å²) in [5.74, 6) is 0.355. The molecule has 6 nitrogen and oxygen atoms in total. The molecule has 5 rings (SSSR count). The van der Waals surface area contributed by atoms with E-state index < -0.39 is 5.91 Å². The molecule has 1 aliphatic carbocycles. The van der Waals surface area contributed by atoms with E-state index in [1.54, 1.807) is 24.3 Å². The van der Waals surface area contributed by atoms with E-state index in [2.05, 4.69) is 5.32 Å². The smallest absolute Gasteiger partial charge is 0.252 e. The van der Waals surface area contributed by atoms with Crippen LogP contribution in [0.15, 0.2) is 65.1 Å². The van der Waals surface area contributed by atoms with Gasteiger partial charge in [0.1, 0.15) is 22.9 Å². The Kier molecular flexibility index (Phi) is 7.68. The molecule has 1 saturated carbocycles. The lowest BCUT2D eigenvalue weighted by Crippen LogP contribution is -2.27. The number of benzene rings is 3. The van der Waals surface area contributed by atoms with Crippen LogP contribution in [-0.4, -0.2) is 24.5 Å². The van der Waals surface area contributed by atoms with Crippen LogP contribution >= 0.6 is 0 Å². The van der Waals surface area contributed by atoms with Crippen molar-refractivity contribution >= 4 is 22.8 Å². The number of amides is 2. The van der Waals surface area contributed by atoms with Gasteiger partial charge in [0, 0.05) is 29.5 Å². The number of primary amides is 1. The van der Waals surface area contributed by atoms with Crippen molar-refractivity contribution in [2.24, 2.45) is 11.7 Å². The minimum Gasteiger partial charge on any atom is -0.490 e. The van der Waals surface area contributed by atoms with E-state index in [1.165, 1.54) is 12.1 Å². The van der Waals surface area contributed by atoms with Gasteiger partial charge in [0.05, 0.1) is 11.7 Å². The summed E-state index contributed by atoms with van der Waals surface area (Å²) < 4.78 is 25.8. The molecule has 0 bridgehead atoms. The second kappa shape index (κ2) is 11.3. The second-order valence-corrected chi connectivity index (χ2v) is 10.6. The zero-order valence-corrected chi connectivity index (χ0v) is 22.3. The molecule has 2 amide bonds. The topological polar surface area (TPSA) is 94.6 Å². The Bertz CT molecular complexity index is 1500. The summed E-state index contributed by atoms with van der Waals surface area (Å²) >= 11 is 0. The fraction of sp³-hybridized carbons (Fsp3) is 0.312. The summed E-state index contributed by atoms with van der Waals surface area (Å²) in [6.45, 7) is 4.67. The number of carbonyl (C=O) groups excluding carboxylic acids is 2. The van der Waals surface area contributed by atoms with Crippen LogP contribution in [-0.2, 0) is 6.42 Å². The van der Waals surface area contributed by atoms with Crippen molar-refractivity contribution in [3.63, 3.8) is 0 Å². The standard InChI is InChI=1S/C32H33FN2O4/c1-19(2)18-35-32(37)22-10-14-27(38-24-5-3-4-6-24)25(17-22)21-9-13-28-26(16-21)30(31(34)36)29(39-28)15-20-7-11-23(33)12-8-20/h7-14,16-17,19,24H,3-6,15,18H2,1-2H3,(H2,34,36)(H,35,37). The molecule has 202 valence electrons. The predicted molar refractivity (Wildman–Crippen MR) is 149 cm³/mol. The van der Waals surface area contributed by atoms with E-state index in [4.69, 9.17) is 14.9 Å². The Balaban J connectivity index is 1.56. The van der Waals surface area contributed by atoms with Gasteiger partial charge in [-0.15, -0.1) is 0 Å². The van der Waals surface area contributed by atoms with Gasteiger partial charge in [-0.2, -0.15) is 0 Å². The van der Waals surface area contributed by atoms with Gasteiger partial charge in [-0.05, 0) is 85.2 Å². The molecule has 7 heteroatoms. The number of nitrogens with two attached hydrogens (primary N) is 1. The molecular weight excluding hydrogens is 495 g/mol. The maximum Gasteiger partial charge on any atom is 0.252 e. The van der Waals surface area contributed by atoms with E-state index in [1.807, 2.05) is 38.1 Å². The van der Waals surface area contributed by atoms with Crippen molar-refractivity contribution in [2.45, 2.75) is 52.1 Å². The summed E-state index contributed by atoms with van der Waals surface area (Å²) in [6.07, 6.45) is 4.69. The normalized spacial score (nSPS) is 13.7. The lowest BCUT2D eigenvalue weighted by Gasteiger charge is -2.18. The SMILES string of the molecule is CC(C)CNC(=O)c1ccc(OC2CCCC2)c(-c2ccc3oc(Cc4ccc(F)cc4)c(C(N)=O)c3c2)c1. The van der Waals surface area contributed by atoms with Gasteiger partial charge in [-0.25, -0.2) is 4.39 Å². The molecule has 0 spiro atoms. The molecule has 4 aromatic rings. The van der Waals surface area contributed by atoms with Crippen LogP contribution in [0.2, 0.25) is 0 Å². The highest BCUT2D eigenvalue weighted by molar-refractivity contribution is 6.07. The van der Waals surface area contributed by atoms with Gasteiger partial charge >= 0.3 is 0 Å². The third-order valence-electron chi connectivity index (χ3n) is 7.10. The minimum absolute atomic E-state index is 0.130. The monoisotopic (exact) mass is 528 g/mol. The van der Waals surface area contributed by atoms with Crippen LogP contribution in [0, 0.1) is 11.7 Å². The fourth-order valence-corrected chi connectivity index (χ4v) is 5.08. The van der Waals surface area contributed by atoms with Crippen molar-refractivity contribution < 1.29 is 23.1 Å². The van der Waals surface area contributed by atoms with Crippen LogP contribution in [0.25, 0.3) is 22.1 Å². The van der Waals surface area contributed by atoms with E-state index in [0.29, 0.717) is 52.5 Å². The van der Waals surface area contributed by atoms with Gasteiger partial charge in [-0.1, -0.05) is 32.0 Å². The lowest BCUT2D eigenvalue weighted by molar-refractivity contribution is 0.0947. The molecule has 1 fully saturated rings. The van der Waals surface area contributed by atoms with E-state index >= 15 is 0 Å². The highest BCUT2D eigenvalue weighted by Crippen LogP contribution is 2.37. The number of halogens is 1. The van der Waals surface area contributed by atoms with E-state index in [9.17, 15) is 14.0 Å². The number of carbonyl (C=O) groups is 2. The van der Waals surface area contributed by atoms with Crippen molar-refractivity contribution in [1.29, 1.82) is 0 Å². The Morgan fingerprint density at radius 3 is 2.49 bits per heavy atom.